The molecule has 0 saturated carbocycles. The van der Waals surface area contributed by atoms with Crippen molar-refractivity contribution >= 4 is 17.9 Å². The van der Waals surface area contributed by atoms with Crippen LogP contribution >= 0.6 is 0 Å². The summed E-state index contributed by atoms with van der Waals surface area (Å²) in [6.45, 7) is 0.195. The van der Waals surface area contributed by atoms with Crippen LogP contribution in [0.3, 0.4) is 0 Å². The first-order valence-electron chi connectivity index (χ1n) is 6.28. The van der Waals surface area contributed by atoms with Crippen LogP contribution in [0, 0.1) is 5.92 Å². The van der Waals surface area contributed by atoms with Gasteiger partial charge in [-0.2, -0.15) is 0 Å². The molecule has 2 heterocycles. The van der Waals surface area contributed by atoms with E-state index < -0.39 is 35.8 Å². The Balaban J connectivity index is 2.40. The topological polar surface area (TPSA) is 137 Å². The molecule has 8 heteroatoms. The Morgan fingerprint density at radius 2 is 2.00 bits per heavy atom. The van der Waals surface area contributed by atoms with Crippen molar-refractivity contribution < 1.29 is 29.7 Å². The maximum atomic E-state index is 11.2. The molecule has 4 N–H and O–H groups in total. The Morgan fingerprint density at radius 3 is 2.57 bits per heavy atom. The first-order chi connectivity index (χ1) is 9.91. The summed E-state index contributed by atoms with van der Waals surface area (Å²) in [5.41, 5.74) is 0.179. The van der Waals surface area contributed by atoms with Crippen LogP contribution in [0.5, 0.6) is 0 Å². The number of hydrogen-bond donors (Lipinski definition) is 4. The summed E-state index contributed by atoms with van der Waals surface area (Å²) in [7, 11) is 0. The van der Waals surface area contributed by atoms with Gasteiger partial charge in [-0.15, -0.1) is 0 Å². The molecule has 0 bridgehead atoms. The SMILES string of the molecule is O=C(O)CC1C(C(=O)O)NCC1c1cccnc1C(=O)O. The summed E-state index contributed by atoms with van der Waals surface area (Å²) in [5, 5.41) is 30.0. The van der Waals surface area contributed by atoms with Crippen LogP contribution in [-0.2, 0) is 9.59 Å². The number of aromatic carboxylic acids is 1. The maximum absolute atomic E-state index is 11.2. The molecule has 1 saturated heterocycles. The van der Waals surface area contributed by atoms with Crippen molar-refractivity contribution in [2.75, 3.05) is 6.54 Å². The highest BCUT2D eigenvalue weighted by molar-refractivity contribution is 5.87. The molecule has 21 heavy (non-hydrogen) atoms. The van der Waals surface area contributed by atoms with E-state index in [4.69, 9.17) is 15.3 Å². The lowest BCUT2D eigenvalue weighted by molar-refractivity contribution is -0.142. The molecule has 3 unspecified atom stereocenters. The average Bonchev–Trinajstić information content (AvgIpc) is 2.81. The van der Waals surface area contributed by atoms with Crippen molar-refractivity contribution in [3.8, 4) is 0 Å². The van der Waals surface area contributed by atoms with E-state index in [-0.39, 0.29) is 18.7 Å². The lowest BCUT2D eigenvalue weighted by atomic mass is 9.82. The number of carboxylic acid groups (broad SMARTS) is 3. The van der Waals surface area contributed by atoms with Gasteiger partial charge in [0.25, 0.3) is 0 Å². The first-order valence-corrected chi connectivity index (χ1v) is 6.28. The molecule has 0 spiro atoms. The number of carbonyl (C=O) groups is 3. The second-order valence-corrected chi connectivity index (χ2v) is 4.84. The van der Waals surface area contributed by atoms with Crippen LogP contribution in [0.2, 0.25) is 0 Å². The zero-order chi connectivity index (χ0) is 15.6. The largest absolute Gasteiger partial charge is 0.481 e. The van der Waals surface area contributed by atoms with E-state index in [0.29, 0.717) is 5.56 Å². The predicted molar refractivity (Wildman–Crippen MR) is 69.1 cm³/mol. The summed E-state index contributed by atoms with van der Waals surface area (Å²) in [5.74, 6) is -4.76. The van der Waals surface area contributed by atoms with E-state index >= 15 is 0 Å². The van der Waals surface area contributed by atoms with Gasteiger partial charge in [0.15, 0.2) is 5.69 Å². The highest BCUT2D eigenvalue weighted by atomic mass is 16.4. The third-order valence-corrected chi connectivity index (χ3v) is 3.62. The van der Waals surface area contributed by atoms with Crippen LogP contribution in [0.1, 0.15) is 28.4 Å². The minimum atomic E-state index is -1.22. The molecule has 0 aromatic carbocycles. The van der Waals surface area contributed by atoms with E-state index in [2.05, 4.69) is 10.3 Å². The lowest BCUT2D eigenvalue weighted by Gasteiger charge is -2.21. The number of hydrogen-bond acceptors (Lipinski definition) is 5. The van der Waals surface area contributed by atoms with Crippen molar-refractivity contribution in [3.05, 3.63) is 29.6 Å². The van der Waals surface area contributed by atoms with Crippen LogP contribution < -0.4 is 5.32 Å². The van der Waals surface area contributed by atoms with Gasteiger partial charge in [-0.25, -0.2) is 9.78 Å². The van der Waals surface area contributed by atoms with Gasteiger partial charge in [0.1, 0.15) is 6.04 Å². The lowest BCUT2D eigenvalue weighted by Crippen LogP contribution is -2.36. The van der Waals surface area contributed by atoms with Crippen LogP contribution in [-0.4, -0.2) is 50.8 Å². The Morgan fingerprint density at radius 1 is 1.29 bits per heavy atom. The van der Waals surface area contributed by atoms with Crippen LogP contribution in [0.25, 0.3) is 0 Å². The second-order valence-electron chi connectivity index (χ2n) is 4.84. The van der Waals surface area contributed by atoms with E-state index in [1.807, 2.05) is 0 Å². The van der Waals surface area contributed by atoms with Gasteiger partial charge in [0, 0.05) is 24.6 Å². The zero-order valence-corrected chi connectivity index (χ0v) is 10.9. The van der Waals surface area contributed by atoms with E-state index in [1.54, 1.807) is 12.1 Å². The Kier molecular flexibility index (Phi) is 4.18. The van der Waals surface area contributed by atoms with Crippen molar-refractivity contribution in [2.45, 2.75) is 18.4 Å². The molecule has 1 aliphatic rings. The monoisotopic (exact) mass is 294 g/mol. The van der Waals surface area contributed by atoms with Gasteiger partial charge in [-0.3, -0.25) is 9.59 Å². The number of aliphatic carboxylic acids is 2. The fourth-order valence-corrected chi connectivity index (χ4v) is 2.76. The van der Waals surface area contributed by atoms with E-state index in [0.717, 1.165) is 0 Å². The number of rotatable bonds is 5. The van der Waals surface area contributed by atoms with Gasteiger partial charge in [0.2, 0.25) is 0 Å². The molecule has 1 aromatic heterocycles. The Hall–Kier alpha value is -2.48. The molecule has 1 fully saturated rings. The summed E-state index contributed by atoms with van der Waals surface area (Å²) in [6, 6.07) is 2.07. The maximum Gasteiger partial charge on any atom is 0.354 e. The van der Waals surface area contributed by atoms with Crippen molar-refractivity contribution in [1.82, 2.24) is 10.3 Å². The number of carboxylic acids is 3. The summed E-state index contributed by atoms with van der Waals surface area (Å²) in [6.07, 6.45) is 0.971. The summed E-state index contributed by atoms with van der Waals surface area (Å²) in [4.78, 5) is 37.2. The number of nitrogens with zero attached hydrogens (tertiary/aromatic N) is 1. The summed E-state index contributed by atoms with van der Waals surface area (Å²) < 4.78 is 0. The molecule has 0 aliphatic carbocycles. The van der Waals surface area contributed by atoms with Gasteiger partial charge in [-0.1, -0.05) is 6.07 Å². The summed E-state index contributed by atoms with van der Waals surface area (Å²) >= 11 is 0. The van der Waals surface area contributed by atoms with Gasteiger partial charge in [-0.05, 0) is 11.6 Å². The smallest absolute Gasteiger partial charge is 0.354 e. The Labute approximate surface area is 119 Å². The molecule has 1 aliphatic heterocycles. The normalized spacial score (nSPS) is 24.7. The molecule has 8 nitrogen and oxygen atoms in total. The first kappa shape index (κ1) is 14.9. The minimum absolute atomic E-state index is 0.175. The van der Waals surface area contributed by atoms with Crippen LogP contribution in [0.15, 0.2) is 18.3 Å². The third kappa shape index (κ3) is 3.00. The number of pyridine rings is 1. The van der Waals surface area contributed by atoms with Gasteiger partial charge < -0.3 is 20.6 Å². The average molecular weight is 294 g/mol. The van der Waals surface area contributed by atoms with Crippen molar-refractivity contribution in [3.63, 3.8) is 0 Å². The highest BCUT2D eigenvalue weighted by Gasteiger charge is 2.43. The minimum Gasteiger partial charge on any atom is -0.481 e. The molecule has 2 rings (SSSR count). The molecule has 3 atom stereocenters. The van der Waals surface area contributed by atoms with E-state index in [1.165, 1.54) is 6.20 Å². The van der Waals surface area contributed by atoms with Gasteiger partial charge in [0.05, 0.1) is 6.42 Å². The Bertz CT molecular complexity index is 588. The fraction of sp³-hybridized carbons (Fsp3) is 0.385. The van der Waals surface area contributed by atoms with Crippen LogP contribution in [0.4, 0.5) is 0 Å². The number of nitrogens with one attached hydrogen (secondary N) is 1. The van der Waals surface area contributed by atoms with Gasteiger partial charge >= 0.3 is 17.9 Å². The van der Waals surface area contributed by atoms with Crippen molar-refractivity contribution in [2.24, 2.45) is 5.92 Å². The van der Waals surface area contributed by atoms with Crippen molar-refractivity contribution in [1.29, 1.82) is 0 Å². The molecule has 1 aromatic rings. The molecule has 112 valence electrons. The standard InChI is InChI=1S/C13H14N2O6/c16-9(17)4-7-8(5-15-11(7)13(20)21)6-2-1-3-14-10(6)12(18)19/h1-3,7-8,11,15H,4-5H2,(H,16,17)(H,18,19)(H,20,21). The molecule has 0 radical (unpaired) electrons. The molecular formula is C13H14N2O6. The fourth-order valence-electron chi connectivity index (χ4n) is 2.76. The third-order valence-electron chi connectivity index (χ3n) is 3.62. The molecule has 0 amide bonds. The molecular weight excluding hydrogens is 280 g/mol. The quantitative estimate of drug-likeness (QED) is 0.596. The predicted octanol–water partition coefficient (Wildman–Crippen LogP) is 0.0107. The number of aromatic nitrogens is 1. The zero-order valence-electron chi connectivity index (χ0n) is 10.9. The second kappa shape index (κ2) is 5.88. The highest BCUT2D eigenvalue weighted by Crippen LogP contribution is 2.35. The van der Waals surface area contributed by atoms with E-state index in [9.17, 15) is 14.4 Å².